The first-order valence-electron chi connectivity index (χ1n) is 9.42. The standard InChI is InChI=1S/C18H27N7O/c1-13(18-21-12-22-26-18)24-8-6-15(7-9-24)25(14-4-5-14)17-10-16(23(2)3)19-11-20-17/h10-15H,4-9H2,1-3H3. The Labute approximate surface area is 154 Å². The number of rotatable bonds is 6. The van der Waals surface area contributed by atoms with Gasteiger partial charge >= 0.3 is 0 Å². The Bertz CT molecular complexity index is 708. The summed E-state index contributed by atoms with van der Waals surface area (Å²) in [5, 5.41) is 3.74. The smallest absolute Gasteiger partial charge is 0.243 e. The van der Waals surface area contributed by atoms with E-state index in [9.17, 15) is 0 Å². The summed E-state index contributed by atoms with van der Waals surface area (Å²) in [6.45, 7) is 4.20. The summed E-state index contributed by atoms with van der Waals surface area (Å²) in [5.41, 5.74) is 0. The van der Waals surface area contributed by atoms with Crippen LogP contribution in [0.2, 0.25) is 0 Å². The van der Waals surface area contributed by atoms with Crippen LogP contribution in [0.1, 0.15) is 44.5 Å². The van der Waals surface area contributed by atoms with Gasteiger partial charge in [-0.1, -0.05) is 5.16 Å². The summed E-state index contributed by atoms with van der Waals surface area (Å²) in [4.78, 5) is 20.2. The second kappa shape index (κ2) is 7.19. The summed E-state index contributed by atoms with van der Waals surface area (Å²) >= 11 is 0. The molecule has 2 aromatic heterocycles. The number of anilines is 2. The number of hydrogen-bond donors (Lipinski definition) is 0. The van der Waals surface area contributed by atoms with Gasteiger partial charge < -0.3 is 14.3 Å². The highest BCUT2D eigenvalue weighted by Gasteiger charge is 2.37. The van der Waals surface area contributed by atoms with Gasteiger partial charge in [0.05, 0.1) is 6.04 Å². The lowest BCUT2D eigenvalue weighted by Crippen LogP contribution is -2.47. The molecule has 3 heterocycles. The monoisotopic (exact) mass is 357 g/mol. The van der Waals surface area contributed by atoms with Crippen molar-refractivity contribution in [2.45, 2.75) is 50.7 Å². The molecule has 4 rings (SSSR count). The molecule has 0 N–H and O–H groups in total. The second-order valence-electron chi connectivity index (χ2n) is 7.49. The van der Waals surface area contributed by atoms with Crippen molar-refractivity contribution in [3.05, 3.63) is 24.6 Å². The van der Waals surface area contributed by atoms with Crippen molar-refractivity contribution in [3.63, 3.8) is 0 Å². The Morgan fingerprint density at radius 3 is 2.31 bits per heavy atom. The van der Waals surface area contributed by atoms with Gasteiger partial charge in [-0.3, -0.25) is 4.90 Å². The Kier molecular flexibility index (Phi) is 4.76. The molecule has 0 aromatic carbocycles. The summed E-state index contributed by atoms with van der Waals surface area (Å²) in [7, 11) is 4.04. The first-order chi connectivity index (χ1) is 12.6. The SMILES string of the molecule is CC(c1ncno1)N1CCC(N(c2cc(N(C)C)ncn2)C2CC2)CC1. The third-order valence-corrected chi connectivity index (χ3v) is 5.48. The Morgan fingerprint density at radius 2 is 1.69 bits per heavy atom. The van der Waals surface area contributed by atoms with Gasteiger partial charge in [0, 0.05) is 45.3 Å². The number of hydrogen-bond acceptors (Lipinski definition) is 8. The molecular weight excluding hydrogens is 330 g/mol. The van der Waals surface area contributed by atoms with E-state index >= 15 is 0 Å². The van der Waals surface area contributed by atoms with Crippen LogP contribution in [0.3, 0.4) is 0 Å². The number of nitrogens with zero attached hydrogens (tertiary/aromatic N) is 7. The van der Waals surface area contributed by atoms with Crippen LogP contribution >= 0.6 is 0 Å². The molecule has 140 valence electrons. The van der Waals surface area contributed by atoms with Gasteiger partial charge in [0.1, 0.15) is 18.0 Å². The molecule has 1 atom stereocenters. The highest BCUT2D eigenvalue weighted by molar-refractivity contribution is 5.51. The van der Waals surface area contributed by atoms with E-state index in [4.69, 9.17) is 4.52 Å². The quantitative estimate of drug-likeness (QED) is 0.778. The van der Waals surface area contributed by atoms with Crippen molar-refractivity contribution in [3.8, 4) is 0 Å². The molecule has 0 radical (unpaired) electrons. The minimum atomic E-state index is 0.173. The maximum Gasteiger partial charge on any atom is 0.243 e. The predicted octanol–water partition coefficient (Wildman–Crippen LogP) is 2.12. The predicted molar refractivity (Wildman–Crippen MR) is 99.2 cm³/mol. The zero-order valence-electron chi connectivity index (χ0n) is 15.7. The van der Waals surface area contributed by atoms with Crippen LogP contribution < -0.4 is 9.80 Å². The van der Waals surface area contributed by atoms with Gasteiger partial charge in [-0.25, -0.2) is 9.97 Å². The van der Waals surface area contributed by atoms with E-state index in [1.54, 1.807) is 6.33 Å². The molecule has 2 fully saturated rings. The lowest BCUT2D eigenvalue weighted by atomic mass is 10.0. The number of likely N-dealkylation sites (tertiary alicyclic amines) is 1. The summed E-state index contributed by atoms with van der Waals surface area (Å²) in [6, 6.07) is 3.45. The van der Waals surface area contributed by atoms with E-state index in [0.29, 0.717) is 18.0 Å². The van der Waals surface area contributed by atoms with Crippen LogP contribution in [0, 0.1) is 0 Å². The van der Waals surface area contributed by atoms with Crippen molar-refractivity contribution in [1.29, 1.82) is 0 Å². The van der Waals surface area contributed by atoms with Crippen molar-refractivity contribution >= 4 is 11.6 Å². The fourth-order valence-corrected chi connectivity index (χ4v) is 3.82. The Balaban J connectivity index is 1.45. The maximum absolute atomic E-state index is 5.24. The molecule has 0 amide bonds. The second-order valence-corrected chi connectivity index (χ2v) is 7.49. The van der Waals surface area contributed by atoms with Crippen LogP contribution in [-0.2, 0) is 0 Å². The average molecular weight is 357 g/mol. The topological polar surface area (TPSA) is 74.4 Å². The molecule has 2 aromatic rings. The molecule has 1 unspecified atom stereocenters. The van der Waals surface area contributed by atoms with Gasteiger partial charge in [0.15, 0.2) is 6.33 Å². The fourth-order valence-electron chi connectivity index (χ4n) is 3.82. The van der Waals surface area contributed by atoms with Gasteiger partial charge in [-0.2, -0.15) is 4.98 Å². The largest absolute Gasteiger partial charge is 0.363 e. The lowest BCUT2D eigenvalue weighted by Gasteiger charge is -2.40. The molecule has 0 bridgehead atoms. The first-order valence-corrected chi connectivity index (χ1v) is 9.42. The summed E-state index contributed by atoms with van der Waals surface area (Å²) in [5.74, 6) is 2.73. The van der Waals surface area contributed by atoms with Crippen molar-refractivity contribution in [1.82, 2.24) is 25.0 Å². The van der Waals surface area contributed by atoms with E-state index < -0.39 is 0 Å². The van der Waals surface area contributed by atoms with Gasteiger partial charge in [-0.05, 0) is 32.6 Å². The summed E-state index contributed by atoms with van der Waals surface area (Å²) in [6.07, 6.45) is 7.93. The zero-order valence-corrected chi connectivity index (χ0v) is 15.7. The minimum absolute atomic E-state index is 0.173. The van der Waals surface area contributed by atoms with Crippen molar-refractivity contribution < 1.29 is 4.52 Å². The minimum Gasteiger partial charge on any atom is -0.363 e. The van der Waals surface area contributed by atoms with Crippen molar-refractivity contribution in [2.24, 2.45) is 0 Å². The molecule has 1 aliphatic carbocycles. The van der Waals surface area contributed by atoms with E-state index in [2.05, 4.69) is 42.9 Å². The van der Waals surface area contributed by atoms with E-state index in [-0.39, 0.29) is 6.04 Å². The molecule has 26 heavy (non-hydrogen) atoms. The Hall–Kier alpha value is -2.22. The molecule has 1 aliphatic heterocycles. The fraction of sp³-hybridized carbons (Fsp3) is 0.667. The molecular formula is C18H27N7O. The molecule has 1 saturated heterocycles. The van der Waals surface area contributed by atoms with E-state index in [1.807, 2.05) is 19.0 Å². The van der Waals surface area contributed by atoms with Crippen molar-refractivity contribution in [2.75, 3.05) is 37.0 Å². The maximum atomic E-state index is 5.24. The van der Waals surface area contributed by atoms with Gasteiger partial charge in [0.2, 0.25) is 5.89 Å². The molecule has 1 saturated carbocycles. The highest BCUT2D eigenvalue weighted by Crippen LogP contribution is 2.36. The summed E-state index contributed by atoms with van der Waals surface area (Å²) < 4.78 is 5.24. The number of piperidine rings is 1. The van der Waals surface area contributed by atoms with Crippen LogP contribution in [0.4, 0.5) is 11.6 Å². The normalized spacial score (nSPS) is 20.1. The van der Waals surface area contributed by atoms with Crippen LogP contribution in [0.5, 0.6) is 0 Å². The van der Waals surface area contributed by atoms with E-state index in [0.717, 1.165) is 37.6 Å². The highest BCUT2D eigenvalue weighted by atomic mass is 16.5. The Morgan fingerprint density at radius 1 is 1.00 bits per heavy atom. The first kappa shape index (κ1) is 17.2. The van der Waals surface area contributed by atoms with E-state index in [1.165, 1.54) is 19.2 Å². The lowest BCUT2D eigenvalue weighted by molar-refractivity contribution is 0.134. The molecule has 8 heteroatoms. The molecule has 2 aliphatic rings. The van der Waals surface area contributed by atoms with Gasteiger partial charge in [0.25, 0.3) is 0 Å². The average Bonchev–Trinajstić information content (AvgIpc) is 3.33. The third kappa shape index (κ3) is 3.51. The third-order valence-electron chi connectivity index (χ3n) is 5.48. The van der Waals surface area contributed by atoms with Crippen LogP contribution in [0.25, 0.3) is 0 Å². The molecule has 0 spiro atoms. The molecule has 8 nitrogen and oxygen atoms in total. The number of aromatic nitrogens is 4. The van der Waals surface area contributed by atoms with Crippen LogP contribution in [-0.4, -0.2) is 64.3 Å². The zero-order chi connectivity index (χ0) is 18.1. The van der Waals surface area contributed by atoms with Gasteiger partial charge in [-0.15, -0.1) is 0 Å². The van der Waals surface area contributed by atoms with Crippen LogP contribution in [0.15, 0.2) is 23.2 Å².